The van der Waals surface area contributed by atoms with Crippen molar-refractivity contribution in [3.05, 3.63) is 0 Å². The molecule has 20 atom stereocenters. The summed E-state index contributed by atoms with van der Waals surface area (Å²) in [5.41, 5.74) is -6.39. The summed E-state index contributed by atoms with van der Waals surface area (Å²) in [5.74, 6) is -11.9. The number of aliphatic hydroxyl groups excluding tert-OH is 1. The number of epoxide rings is 2. The van der Waals surface area contributed by atoms with Crippen LogP contribution >= 0.6 is 0 Å². The fourth-order valence-electron chi connectivity index (χ4n) is 13.2. The van der Waals surface area contributed by atoms with Crippen molar-refractivity contribution < 1.29 is 72.1 Å². The van der Waals surface area contributed by atoms with Crippen LogP contribution in [0.1, 0.15) is 68.7 Å². The third-order valence-electron chi connectivity index (χ3n) is 15.0. The number of carbonyl (C=O) groups excluding carboxylic acids is 6. The quantitative estimate of drug-likeness (QED) is 0.232. The van der Waals surface area contributed by atoms with Crippen LogP contribution in [0.4, 0.5) is 0 Å². The Kier molecular flexibility index (Phi) is 7.05. The molecule has 51 heavy (non-hydrogen) atoms. The number of Topliss-reactive ketones (excluding diaryl/α,β-unsaturated/α-hetero) is 1. The van der Waals surface area contributed by atoms with Gasteiger partial charge in [-0.15, -0.1) is 0 Å². The SMILES string of the molecule is CC(=O)O[C@@H]1[C@H]2[C@H]3[C@H]([C@H](OC(C)=O)[C@H](OC(C)=O)[C@]2(C)[C@H]2[C@H](C)[C@@H]4O[C@@]45OC(=O)[C@@](C)(O)[C@]5(C)[C@H]12)[C@]1(C)[C@H](C[C@@H]2O[C@@H]2[C@@H]1OC(C)=O)C(=O)[C@@H]3O. The number of ether oxygens (including phenoxy) is 7. The smallest absolute Gasteiger partial charge is 0.341 e. The van der Waals surface area contributed by atoms with Crippen LogP contribution in [0, 0.1) is 57.7 Å². The molecule has 0 unspecified atom stereocenters. The molecule has 0 aromatic rings. The van der Waals surface area contributed by atoms with Gasteiger partial charge in [-0.05, 0) is 32.1 Å². The summed E-state index contributed by atoms with van der Waals surface area (Å²) < 4.78 is 42.7. The Morgan fingerprint density at radius 2 is 1.31 bits per heavy atom. The lowest BCUT2D eigenvalue weighted by Crippen LogP contribution is -2.74. The number of ketones is 1. The lowest BCUT2D eigenvalue weighted by atomic mass is 9.41. The Bertz CT molecular complexity index is 1660. The third kappa shape index (κ3) is 3.93. The zero-order valence-corrected chi connectivity index (χ0v) is 30.1. The first kappa shape index (κ1) is 34.9. The van der Waals surface area contributed by atoms with E-state index >= 15 is 0 Å². The van der Waals surface area contributed by atoms with Gasteiger partial charge in [-0.2, -0.15) is 0 Å². The summed E-state index contributed by atoms with van der Waals surface area (Å²) in [6.07, 6.45) is -7.96. The molecule has 8 aliphatic rings. The van der Waals surface area contributed by atoms with Crippen molar-refractivity contribution in [1.29, 1.82) is 0 Å². The molecule has 3 heterocycles. The fourth-order valence-corrected chi connectivity index (χ4v) is 13.2. The molecule has 1 spiro atoms. The van der Waals surface area contributed by atoms with E-state index in [1.807, 2.05) is 6.92 Å². The van der Waals surface area contributed by atoms with E-state index in [4.69, 9.17) is 33.2 Å². The Morgan fingerprint density at radius 3 is 1.90 bits per heavy atom. The van der Waals surface area contributed by atoms with Crippen LogP contribution in [0.2, 0.25) is 0 Å². The van der Waals surface area contributed by atoms with E-state index in [0.29, 0.717) is 0 Å². The van der Waals surface area contributed by atoms with Gasteiger partial charge in [0.25, 0.3) is 0 Å². The molecule has 2 N–H and O–H groups in total. The number of esters is 5. The number of carbonyl (C=O) groups is 6. The average molecular weight is 719 g/mol. The van der Waals surface area contributed by atoms with Gasteiger partial charge in [0.15, 0.2) is 11.4 Å². The number of hydrogen-bond donors (Lipinski definition) is 2. The molecule has 0 aromatic carbocycles. The fraction of sp³-hybridized carbons (Fsp3) is 0.833. The van der Waals surface area contributed by atoms with E-state index in [1.165, 1.54) is 34.6 Å². The summed E-state index contributed by atoms with van der Waals surface area (Å²) in [4.78, 5) is 80.1. The average Bonchev–Trinajstić information content (AvgIpc) is 3.92. The van der Waals surface area contributed by atoms with Crippen LogP contribution in [0.3, 0.4) is 0 Å². The van der Waals surface area contributed by atoms with Crippen molar-refractivity contribution >= 4 is 35.6 Å². The maximum absolute atomic E-state index is 14.6. The van der Waals surface area contributed by atoms with Gasteiger partial charge >= 0.3 is 29.8 Å². The minimum atomic E-state index is -2.15. The van der Waals surface area contributed by atoms with Crippen LogP contribution in [0.15, 0.2) is 0 Å². The first-order chi connectivity index (χ1) is 23.6. The summed E-state index contributed by atoms with van der Waals surface area (Å²) in [6, 6.07) is 0. The molecule has 0 aromatic heterocycles. The van der Waals surface area contributed by atoms with Gasteiger partial charge in [0.05, 0.1) is 11.5 Å². The minimum Gasteiger partial charge on any atom is -0.462 e. The van der Waals surface area contributed by atoms with E-state index in [9.17, 15) is 39.0 Å². The normalized spacial score (nSPS) is 56.6. The number of rotatable bonds is 4. The molecule has 3 aliphatic heterocycles. The molecule has 0 bridgehead atoms. The van der Waals surface area contributed by atoms with Gasteiger partial charge in [-0.3, -0.25) is 24.0 Å². The molecule has 8 fully saturated rings. The van der Waals surface area contributed by atoms with Crippen LogP contribution in [-0.4, -0.2) is 106 Å². The van der Waals surface area contributed by atoms with Gasteiger partial charge in [0.2, 0.25) is 5.79 Å². The van der Waals surface area contributed by atoms with Crippen LogP contribution < -0.4 is 0 Å². The Balaban J connectivity index is 1.42. The topological polar surface area (TPSA) is 214 Å². The van der Waals surface area contributed by atoms with Gasteiger partial charge in [0.1, 0.15) is 42.7 Å². The van der Waals surface area contributed by atoms with E-state index < -0.39 is 154 Å². The van der Waals surface area contributed by atoms with Crippen LogP contribution in [-0.2, 0) is 61.9 Å². The molecule has 0 amide bonds. The van der Waals surface area contributed by atoms with Crippen LogP contribution in [0.5, 0.6) is 0 Å². The highest BCUT2D eigenvalue weighted by molar-refractivity contribution is 5.88. The molecule has 5 aliphatic carbocycles. The summed E-state index contributed by atoms with van der Waals surface area (Å²) in [7, 11) is 0. The van der Waals surface area contributed by atoms with Crippen molar-refractivity contribution in [3.8, 4) is 0 Å². The van der Waals surface area contributed by atoms with Gasteiger partial charge in [-0.1, -0.05) is 20.8 Å². The largest absolute Gasteiger partial charge is 0.462 e. The Hall–Kier alpha value is -3.14. The second-order valence-corrected chi connectivity index (χ2v) is 17.1. The standard InChI is InChI=1S/C36H46O15/c1-11-19-22(34(8)35(9,44)31(43)51-36(34)28(11)50-36)26(45-12(2)37)20-18-21(27(46-13(3)38)30(33(19,20)7)48-15(5)40)32(6)16(23(41)24(18)42)10-17-25(49-17)29(32)47-14(4)39/h11,16-22,24-30,42,44H,10H2,1-9H3/t11-,16+,17-,18-,19-,20+,21+,22-,24+,25-,26+,27-,28-,29-,30-,32-,33+,34-,35+,36+/m0/s1. The van der Waals surface area contributed by atoms with E-state index in [-0.39, 0.29) is 6.42 Å². The number of fused-ring (bicyclic) bond motifs is 9. The summed E-state index contributed by atoms with van der Waals surface area (Å²) in [6.45, 7) is 13.3. The second-order valence-electron chi connectivity index (χ2n) is 17.1. The second kappa shape index (κ2) is 10.3. The maximum Gasteiger partial charge on any atom is 0.341 e. The monoisotopic (exact) mass is 718 g/mol. The van der Waals surface area contributed by atoms with E-state index in [2.05, 4.69) is 0 Å². The molecular weight excluding hydrogens is 672 g/mol. The number of hydrogen-bond acceptors (Lipinski definition) is 15. The lowest BCUT2D eigenvalue weighted by Gasteiger charge is -2.65. The minimum absolute atomic E-state index is 0.211. The molecule has 0 radical (unpaired) electrons. The van der Waals surface area contributed by atoms with Gasteiger partial charge in [-0.25, -0.2) is 4.79 Å². The maximum atomic E-state index is 14.6. The van der Waals surface area contributed by atoms with Crippen molar-refractivity contribution in [1.82, 2.24) is 0 Å². The molecular formula is C36H46O15. The molecule has 3 saturated heterocycles. The highest BCUT2D eigenvalue weighted by atomic mass is 16.8. The third-order valence-corrected chi connectivity index (χ3v) is 15.0. The molecule has 15 heteroatoms. The molecule has 8 rings (SSSR count). The van der Waals surface area contributed by atoms with Crippen LogP contribution in [0.25, 0.3) is 0 Å². The van der Waals surface area contributed by atoms with Crippen molar-refractivity contribution in [2.75, 3.05) is 0 Å². The zero-order valence-electron chi connectivity index (χ0n) is 30.1. The zero-order chi connectivity index (χ0) is 37.3. The highest BCUT2D eigenvalue weighted by Gasteiger charge is 2.93. The Labute approximate surface area is 294 Å². The van der Waals surface area contributed by atoms with Crippen molar-refractivity contribution in [3.63, 3.8) is 0 Å². The van der Waals surface area contributed by atoms with Crippen molar-refractivity contribution in [2.45, 2.75) is 129 Å². The first-order valence-corrected chi connectivity index (χ1v) is 17.8. The highest BCUT2D eigenvalue weighted by Crippen LogP contribution is 2.81. The predicted octanol–water partition coefficient (Wildman–Crippen LogP) is 0.624. The van der Waals surface area contributed by atoms with Crippen molar-refractivity contribution in [2.24, 2.45) is 57.7 Å². The summed E-state index contributed by atoms with van der Waals surface area (Å²) in [5, 5.41) is 24.4. The molecule has 15 nitrogen and oxygen atoms in total. The molecule has 5 saturated carbocycles. The first-order valence-electron chi connectivity index (χ1n) is 17.8. The lowest BCUT2D eigenvalue weighted by molar-refractivity contribution is -0.273. The number of aliphatic hydroxyl groups is 2. The van der Waals surface area contributed by atoms with E-state index in [1.54, 1.807) is 20.8 Å². The summed E-state index contributed by atoms with van der Waals surface area (Å²) >= 11 is 0. The Morgan fingerprint density at radius 1 is 0.765 bits per heavy atom. The molecule has 280 valence electrons. The van der Waals surface area contributed by atoms with E-state index in [0.717, 1.165) is 0 Å². The van der Waals surface area contributed by atoms with Gasteiger partial charge < -0.3 is 43.4 Å². The van der Waals surface area contributed by atoms with Gasteiger partial charge in [0, 0.05) is 68.1 Å². The predicted molar refractivity (Wildman–Crippen MR) is 165 cm³/mol.